The molecule has 0 amide bonds. The molecule has 1 atom stereocenters. The first kappa shape index (κ1) is 18.8. The van der Waals surface area contributed by atoms with Crippen LogP contribution in [-0.4, -0.2) is 63.9 Å². The molecule has 2 N–H and O–H groups in total. The van der Waals surface area contributed by atoms with E-state index in [-0.39, 0.29) is 6.61 Å². The third-order valence-corrected chi connectivity index (χ3v) is 5.06. The van der Waals surface area contributed by atoms with Crippen molar-refractivity contribution in [1.29, 1.82) is 0 Å². The number of piperazine rings is 1. The first-order valence-electron chi connectivity index (χ1n) is 9.45. The van der Waals surface area contributed by atoms with Crippen LogP contribution in [-0.2, 0) is 6.54 Å². The maximum atomic E-state index is 9.47. The molecule has 5 nitrogen and oxygen atoms in total. The molecule has 140 valence electrons. The van der Waals surface area contributed by atoms with Gasteiger partial charge in [0.15, 0.2) is 0 Å². The third-order valence-electron chi connectivity index (χ3n) is 5.06. The topological polar surface area (TPSA) is 55.4 Å². The molecular weight excluding hydrogens is 324 g/mol. The van der Waals surface area contributed by atoms with Crippen LogP contribution in [0.2, 0.25) is 0 Å². The van der Waals surface area contributed by atoms with Crippen molar-refractivity contribution in [3.63, 3.8) is 0 Å². The molecule has 1 aliphatic rings. The SMILES string of the molecule is CC(C)=CCN1CCN(Cc2cn[nH]c2-c2ccccc2)C[C@@H]1CCO. The van der Waals surface area contributed by atoms with Crippen LogP contribution in [0.15, 0.2) is 48.2 Å². The van der Waals surface area contributed by atoms with Gasteiger partial charge in [0.2, 0.25) is 0 Å². The minimum atomic E-state index is 0.241. The average Bonchev–Trinajstić information content (AvgIpc) is 3.10. The molecule has 1 saturated heterocycles. The summed E-state index contributed by atoms with van der Waals surface area (Å²) in [7, 11) is 0. The van der Waals surface area contributed by atoms with Crippen molar-refractivity contribution >= 4 is 0 Å². The lowest BCUT2D eigenvalue weighted by Crippen LogP contribution is -2.53. The lowest BCUT2D eigenvalue weighted by atomic mass is 10.1. The Hall–Kier alpha value is -1.95. The van der Waals surface area contributed by atoms with E-state index < -0.39 is 0 Å². The molecule has 0 saturated carbocycles. The molecule has 3 rings (SSSR count). The van der Waals surface area contributed by atoms with Crippen molar-refractivity contribution in [3.05, 3.63) is 53.7 Å². The molecule has 1 aromatic carbocycles. The molecule has 0 bridgehead atoms. The van der Waals surface area contributed by atoms with Crippen LogP contribution >= 0.6 is 0 Å². The molecule has 2 heterocycles. The molecule has 1 aromatic heterocycles. The van der Waals surface area contributed by atoms with Crippen molar-refractivity contribution in [2.24, 2.45) is 0 Å². The second-order valence-electron chi connectivity index (χ2n) is 7.31. The second kappa shape index (κ2) is 9.12. The minimum absolute atomic E-state index is 0.241. The monoisotopic (exact) mass is 354 g/mol. The summed E-state index contributed by atoms with van der Waals surface area (Å²) in [4.78, 5) is 4.98. The molecule has 0 unspecified atom stereocenters. The van der Waals surface area contributed by atoms with Gasteiger partial charge in [-0.15, -0.1) is 0 Å². The van der Waals surface area contributed by atoms with Gasteiger partial charge < -0.3 is 5.11 Å². The molecule has 2 aromatic rings. The van der Waals surface area contributed by atoms with Gasteiger partial charge >= 0.3 is 0 Å². The van der Waals surface area contributed by atoms with E-state index in [0.717, 1.165) is 44.8 Å². The van der Waals surface area contributed by atoms with E-state index in [9.17, 15) is 5.11 Å². The standard InChI is InChI=1S/C21H30N4O/c1-17(2)8-10-25-12-11-24(16-20(25)9-13-26)15-19-14-22-23-21(19)18-6-4-3-5-7-18/h3-8,14,20,26H,9-13,15-16H2,1-2H3,(H,22,23)/t20-/m0/s1. The number of aromatic amines is 1. The summed E-state index contributed by atoms with van der Waals surface area (Å²) in [5.41, 5.74) is 4.86. The van der Waals surface area contributed by atoms with Gasteiger partial charge in [-0.05, 0) is 25.8 Å². The van der Waals surface area contributed by atoms with Crippen LogP contribution in [0.5, 0.6) is 0 Å². The smallest absolute Gasteiger partial charge is 0.0695 e. The number of nitrogens with one attached hydrogen (secondary N) is 1. The van der Waals surface area contributed by atoms with E-state index in [2.05, 4.69) is 64.2 Å². The van der Waals surface area contributed by atoms with Crippen molar-refractivity contribution in [2.75, 3.05) is 32.8 Å². The van der Waals surface area contributed by atoms with Crippen molar-refractivity contribution in [3.8, 4) is 11.3 Å². The van der Waals surface area contributed by atoms with Gasteiger partial charge in [0.05, 0.1) is 11.9 Å². The Bertz CT molecular complexity index is 706. The summed E-state index contributed by atoms with van der Waals surface area (Å²) in [6.07, 6.45) is 5.05. The Morgan fingerprint density at radius 3 is 2.81 bits per heavy atom. The number of aliphatic hydroxyl groups is 1. The number of hydrogen-bond acceptors (Lipinski definition) is 4. The van der Waals surface area contributed by atoms with Gasteiger partial charge in [0.25, 0.3) is 0 Å². The van der Waals surface area contributed by atoms with Crippen molar-refractivity contribution in [2.45, 2.75) is 32.9 Å². The summed E-state index contributed by atoms with van der Waals surface area (Å²) in [6, 6.07) is 10.8. The van der Waals surface area contributed by atoms with Gasteiger partial charge in [-0.25, -0.2) is 0 Å². The highest BCUT2D eigenvalue weighted by atomic mass is 16.3. The van der Waals surface area contributed by atoms with E-state index in [1.807, 2.05) is 12.3 Å². The van der Waals surface area contributed by atoms with E-state index in [1.54, 1.807) is 0 Å². The lowest BCUT2D eigenvalue weighted by Gasteiger charge is -2.41. The zero-order chi connectivity index (χ0) is 18.4. The Morgan fingerprint density at radius 2 is 2.08 bits per heavy atom. The van der Waals surface area contributed by atoms with Gasteiger partial charge in [-0.1, -0.05) is 42.0 Å². The quantitative estimate of drug-likeness (QED) is 0.751. The van der Waals surface area contributed by atoms with Gasteiger partial charge in [-0.3, -0.25) is 14.9 Å². The molecular formula is C21H30N4O. The largest absolute Gasteiger partial charge is 0.396 e. The van der Waals surface area contributed by atoms with Crippen LogP contribution in [0.25, 0.3) is 11.3 Å². The van der Waals surface area contributed by atoms with Gasteiger partial charge in [0, 0.05) is 50.9 Å². The van der Waals surface area contributed by atoms with Crippen LogP contribution in [0, 0.1) is 0 Å². The minimum Gasteiger partial charge on any atom is -0.396 e. The third kappa shape index (κ3) is 4.81. The summed E-state index contributed by atoms with van der Waals surface area (Å²) >= 11 is 0. The zero-order valence-electron chi connectivity index (χ0n) is 15.9. The summed E-state index contributed by atoms with van der Waals surface area (Å²) in [6.45, 7) is 9.44. The number of hydrogen-bond donors (Lipinski definition) is 2. The Balaban J connectivity index is 1.67. The highest BCUT2D eigenvalue weighted by Crippen LogP contribution is 2.23. The number of aromatic nitrogens is 2. The van der Waals surface area contributed by atoms with Gasteiger partial charge in [0.1, 0.15) is 0 Å². The maximum Gasteiger partial charge on any atom is 0.0695 e. The summed E-state index contributed by atoms with van der Waals surface area (Å²) in [5, 5.41) is 16.9. The Labute approximate surface area is 156 Å². The molecule has 0 spiro atoms. The molecule has 1 aliphatic heterocycles. The normalized spacial score (nSPS) is 18.8. The Morgan fingerprint density at radius 1 is 1.27 bits per heavy atom. The van der Waals surface area contributed by atoms with E-state index in [1.165, 1.54) is 16.7 Å². The summed E-state index contributed by atoms with van der Waals surface area (Å²) in [5.74, 6) is 0. The van der Waals surface area contributed by atoms with Crippen LogP contribution in [0.4, 0.5) is 0 Å². The molecule has 5 heteroatoms. The fourth-order valence-corrected chi connectivity index (χ4v) is 3.59. The fourth-order valence-electron chi connectivity index (χ4n) is 3.59. The predicted molar refractivity (Wildman–Crippen MR) is 106 cm³/mol. The van der Waals surface area contributed by atoms with Crippen LogP contribution < -0.4 is 0 Å². The zero-order valence-corrected chi connectivity index (χ0v) is 15.9. The number of aliphatic hydroxyl groups excluding tert-OH is 1. The molecule has 0 aliphatic carbocycles. The van der Waals surface area contributed by atoms with E-state index >= 15 is 0 Å². The maximum absolute atomic E-state index is 9.47. The predicted octanol–water partition coefficient (Wildman–Crippen LogP) is 2.91. The number of nitrogens with zero attached hydrogens (tertiary/aromatic N) is 3. The number of allylic oxidation sites excluding steroid dienone is 1. The van der Waals surface area contributed by atoms with Crippen molar-refractivity contribution < 1.29 is 5.11 Å². The highest BCUT2D eigenvalue weighted by Gasteiger charge is 2.26. The lowest BCUT2D eigenvalue weighted by molar-refractivity contribution is 0.0637. The second-order valence-corrected chi connectivity index (χ2v) is 7.31. The highest BCUT2D eigenvalue weighted by molar-refractivity contribution is 5.62. The van der Waals surface area contributed by atoms with Crippen LogP contribution in [0.3, 0.4) is 0 Å². The van der Waals surface area contributed by atoms with E-state index in [0.29, 0.717) is 6.04 Å². The number of rotatable bonds is 7. The first-order chi connectivity index (χ1) is 12.7. The first-order valence-corrected chi connectivity index (χ1v) is 9.45. The molecule has 0 radical (unpaired) electrons. The molecule has 1 fully saturated rings. The summed E-state index contributed by atoms with van der Waals surface area (Å²) < 4.78 is 0. The number of H-pyrrole nitrogens is 1. The Kier molecular flexibility index (Phi) is 6.61. The number of benzene rings is 1. The van der Waals surface area contributed by atoms with Gasteiger partial charge in [-0.2, -0.15) is 5.10 Å². The van der Waals surface area contributed by atoms with Crippen LogP contribution in [0.1, 0.15) is 25.8 Å². The van der Waals surface area contributed by atoms with Crippen molar-refractivity contribution in [1.82, 2.24) is 20.0 Å². The molecule has 26 heavy (non-hydrogen) atoms. The van der Waals surface area contributed by atoms with E-state index in [4.69, 9.17) is 0 Å². The fraction of sp³-hybridized carbons (Fsp3) is 0.476. The average molecular weight is 354 g/mol.